The maximum Gasteiger partial charge on any atom is 0.0456 e. The van der Waals surface area contributed by atoms with Gasteiger partial charge in [-0.1, -0.05) is 36.4 Å². The zero-order chi connectivity index (χ0) is 11.8. The van der Waals surface area contributed by atoms with Gasteiger partial charge in [0.05, 0.1) is 0 Å². The lowest BCUT2D eigenvalue weighted by Crippen LogP contribution is -2.14. The summed E-state index contributed by atoms with van der Waals surface area (Å²) in [5.74, 6) is 0. The largest absolute Gasteiger partial charge is 0.344 e. The van der Waals surface area contributed by atoms with E-state index in [0.29, 0.717) is 0 Å². The van der Waals surface area contributed by atoms with Gasteiger partial charge in [-0.05, 0) is 29.7 Å². The fourth-order valence-electron chi connectivity index (χ4n) is 2.59. The maximum absolute atomic E-state index is 6.30. The van der Waals surface area contributed by atoms with Crippen molar-refractivity contribution in [1.82, 2.24) is 0 Å². The first-order valence-electron chi connectivity index (χ1n) is 5.93. The first kappa shape index (κ1) is 10.4. The Morgan fingerprint density at radius 1 is 1.00 bits per heavy atom. The summed E-state index contributed by atoms with van der Waals surface area (Å²) in [6.07, 6.45) is 0.900. The van der Waals surface area contributed by atoms with Crippen LogP contribution in [-0.4, -0.2) is 7.05 Å². The lowest BCUT2D eigenvalue weighted by molar-refractivity contribution is 0.730. The Labute approximate surface area is 102 Å². The summed E-state index contributed by atoms with van der Waals surface area (Å²) in [6.45, 7) is 0. The molecule has 1 atom stereocenters. The average Bonchev–Trinajstić information content (AvgIpc) is 2.48. The van der Waals surface area contributed by atoms with E-state index >= 15 is 0 Å². The van der Waals surface area contributed by atoms with Gasteiger partial charge in [0.15, 0.2) is 0 Å². The zero-order valence-corrected chi connectivity index (χ0v) is 9.93. The molecule has 1 unspecified atom stereocenters. The summed E-state index contributed by atoms with van der Waals surface area (Å²) >= 11 is 0. The second-order valence-electron chi connectivity index (χ2n) is 4.56. The van der Waals surface area contributed by atoms with E-state index in [1.807, 2.05) is 0 Å². The monoisotopic (exact) mass is 224 g/mol. The van der Waals surface area contributed by atoms with Crippen LogP contribution < -0.4 is 10.6 Å². The van der Waals surface area contributed by atoms with Crippen molar-refractivity contribution in [3.8, 4) is 0 Å². The number of benzene rings is 2. The van der Waals surface area contributed by atoms with Crippen molar-refractivity contribution in [2.75, 3.05) is 11.9 Å². The fourth-order valence-corrected chi connectivity index (χ4v) is 2.59. The van der Waals surface area contributed by atoms with E-state index in [4.69, 9.17) is 5.73 Å². The third kappa shape index (κ3) is 1.61. The van der Waals surface area contributed by atoms with Gasteiger partial charge in [-0.2, -0.15) is 0 Å². The lowest BCUT2D eigenvalue weighted by atomic mass is 10.00. The van der Waals surface area contributed by atoms with Crippen LogP contribution in [0.5, 0.6) is 0 Å². The summed E-state index contributed by atoms with van der Waals surface area (Å²) in [6, 6.07) is 16.9. The van der Waals surface area contributed by atoms with Gasteiger partial charge in [0.2, 0.25) is 0 Å². The molecule has 0 radical (unpaired) electrons. The van der Waals surface area contributed by atoms with Crippen LogP contribution in [0.2, 0.25) is 0 Å². The Morgan fingerprint density at radius 3 is 2.47 bits per heavy atom. The molecule has 2 heteroatoms. The number of nitrogens with zero attached hydrogens (tertiary/aromatic N) is 1. The molecule has 1 aliphatic rings. The van der Waals surface area contributed by atoms with Crippen molar-refractivity contribution in [3.05, 3.63) is 59.7 Å². The highest BCUT2D eigenvalue weighted by Gasteiger charge is 2.21. The molecule has 2 nitrogen and oxygen atoms in total. The van der Waals surface area contributed by atoms with E-state index in [-0.39, 0.29) is 6.04 Å². The summed E-state index contributed by atoms with van der Waals surface area (Å²) < 4.78 is 0. The van der Waals surface area contributed by atoms with Crippen molar-refractivity contribution in [2.45, 2.75) is 12.5 Å². The SMILES string of the molecule is CN1c2ccccc2CC(N)c2ccccc21. The number of hydrogen-bond donors (Lipinski definition) is 1. The summed E-state index contributed by atoms with van der Waals surface area (Å²) in [5, 5.41) is 0. The van der Waals surface area contributed by atoms with Gasteiger partial charge < -0.3 is 10.6 Å². The van der Waals surface area contributed by atoms with E-state index in [9.17, 15) is 0 Å². The number of rotatable bonds is 0. The minimum Gasteiger partial charge on any atom is -0.344 e. The predicted octanol–water partition coefficient (Wildman–Crippen LogP) is 3.01. The molecule has 0 spiro atoms. The molecule has 1 heterocycles. The molecule has 0 bridgehead atoms. The van der Waals surface area contributed by atoms with Crippen LogP contribution in [0.3, 0.4) is 0 Å². The maximum atomic E-state index is 6.30. The van der Waals surface area contributed by atoms with E-state index in [2.05, 4.69) is 60.5 Å². The molecule has 86 valence electrons. The van der Waals surface area contributed by atoms with Gasteiger partial charge in [0.1, 0.15) is 0 Å². The molecule has 0 amide bonds. The molecule has 0 saturated carbocycles. The Kier molecular flexibility index (Phi) is 2.37. The molecule has 2 N–H and O–H groups in total. The summed E-state index contributed by atoms with van der Waals surface area (Å²) in [4.78, 5) is 2.23. The first-order chi connectivity index (χ1) is 8.27. The van der Waals surface area contributed by atoms with Crippen LogP contribution in [0.4, 0.5) is 11.4 Å². The minimum atomic E-state index is 0.0808. The molecular formula is C15H16N2. The molecule has 3 rings (SSSR count). The second kappa shape index (κ2) is 3.90. The van der Waals surface area contributed by atoms with Crippen LogP contribution in [0.1, 0.15) is 17.2 Å². The Bertz CT molecular complexity index is 548. The van der Waals surface area contributed by atoms with Gasteiger partial charge in [-0.15, -0.1) is 0 Å². The minimum absolute atomic E-state index is 0.0808. The van der Waals surface area contributed by atoms with E-state index in [1.54, 1.807) is 0 Å². The zero-order valence-electron chi connectivity index (χ0n) is 9.93. The van der Waals surface area contributed by atoms with Crippen molar-refractivity contribution >= 4 is 11.4 Å². The molecule has 0 aromatic heterocycles. The molecule has 0 saturated heterocycles. The smallest absolute Gasteiger partial charge is 0.0456 e. The van der Waals surface area contributed by atoms with Gasteiger partial charge in [-0.3, -0.25) is 0 Å². The topological polar surface area (TPSA) is 29.3 Å². The van der Waals surface area contributed by atoms with Gasteiger partial charge in [0, 0.05) is 24.5 Å². The molecule has 1 aliphatic heterocycles. The number of fused-ring (bicyclic) bond motifs is 2. The molecule has 17 heavy (non-hydrogen) atoms. The average molecular weight is 224 g/mol. The number of para-hydroxylation sites is 2. The molecule has 2 aromatic carbocycles. The molecule has 0 fully saturated rings. The van der Waals surface area contributed by atoms with E-state index in [1.165, 1.54) is 22.5 Å². The van der Waals surface area contributed by atoms with Crippen LogP contribution >= 0.6 is 0 Å². The van der Waals surface area contributed by atoms with Crippen LogP contribution in [-0.2, 0) is 6.42 Å². The highest BCUT2D eigenvalue weighted by molar-refractivity contribution is 5.71. The third-order valence-corrected chi connectivity index (χ3v) is 3.49. The third-order valence-electron chi connectivity index (χ3n) is 3.49. The summed E-state index contributed by atoms with van der Waals surface area (Å²) in [5.41, 5.74) is 11.3. The van der Waals surface area contributed by atoms with Crippen molar-refractivity contribution in [1.29, 1.82) is 0 Å². The predicted molar refractivity (Wildman–Crippen MR) is 71.6 cm³/mol. The molecular weight excluding hydrogens is 208 g/mol. The van der Waals surface area contributed by atoms with Gasteiger partial charge >= 0.3 is 0 Å². The van der Waals surface area contributed by atoms with Crippen molar-refractivity contribution in [3.63, 3.8) is 0 Å². The second-order valence-corrected chi connectivity index (χ2v) is 4.56. The van der Waals surface area contributed by atoms with Crippen molar-refractivity contribution < 1.29 is 0 Å². The molecule has 0 aliphatic carbocycles. The Balaban J connectivity index is 2.22. The highest BCUT2D eigenvalue weighted by atomic mass is 15.1. The fraction of sp³-hybridized carbons (Fsp3) is 0.200. The van der Waals surface area contributed by atoms with Gasteiger partial charge in [-0.25, -0.2) is 0 Å². The quantitative estimate of drug-likeness (QED) is 0.745. The standard InChI is InChI=1S/C15H16N2/c1-17-14-8-4-2-6-11(14)10-13(16)12-7-3-5-9-15(12)17/h2-9,13H,10,16H2,1H3. The lowest BCUT2D eigenvalue weighted by Gasteiger charge is -2.21. The van der Waals surface area contributed by atoms with Crippen molar-refractivity contribution in [2.24, 2.45) is 5.73 Å². The highest BCUT2D eigenvalue weighted by Crippen LogP contribution is 2.37. The first-order valence-corrected chi connectivity index (χ1v) is 5.93. The van der Waals surface area contributed by atoms with Gasteiger partial charge in [0.25, 0.3) is 0 Å². The number of anilines is 2. The Morgan fingerprint density at radius 2 is 1.65 bits per heavy atom. The Hall–Kier alpha value is -1.80. The van der Waals surface area contributed by atoms with E-state index in [0.717, 1.165) is 6.42 Å². The van der Waals surface area contributed by atoms with Crippen LogP contribution in [0.15, 0.2) is 48.5 Å². The number of hydrogen-bond acceptors (Lipinski definition) is 2. The normalized spacial score (nSPS) is 18.2. The van der Waals surface area contributed by atoms with Crippen LogP contribution in [0.25, 0.3) is 0 Å². The summed E-state index contributed by atoms with van der Waals surface area (Å²) in [7, 11) is 2.11. The number of nitrogens with two attached hydrogens (primary N) is 1. The molecule has 2 aromatic rings. The van der Waals surface area contributed by atoms with E-state index < -0.39 is 0 Å². The van der Waals surface area contributed by atoms with Crippen LogP contribution in [0, 0.1) is 0 Å².